The van der Waals surface area contributed by atoms with Crippen molar-refractivity contribution >= 4 is 28.3 Å². The SMILES string of the molecule is O=C(CN1CCC[C@H]1C(=O)NC1CC1)Nc1cccc2ccccc12. The van der Waals surface area contributed by atoms with Crippen LogP contribution in [0, 0.1) is 0 Å². The number of anilines is 1. The van der Waals surface area contributed by atoms with Gasteiger partial charge in [0, 0.05) is 17.1 Å². The van der Waals surface area contributed by atoms with Gasteiger partial charge < -0.3 is 10.6 Å². The van der Waals surface area contributed by atoms with Crippen molar-refractivity contribution < 1.29 is 9.59 Å². The van der Waals surface area contributed by atoms with E-state index in [1.54, 1.807) is 0 Å². The van der Waals surface area contributed by atoms with Crippen LogP contribution in [0.5, 0.6) is 0 Å². The van der Waals surface area contributed by atoms with E-state index in [0.29, 0.717) is 6.04 Å². The Morgan fingerprint density at radius 1 is 1.04 bits per heavy atom. The molecule has 2 aliphatic rings. The van der Waals surface area contributed by atoms with Gasteiger partial charge in [-0.15, -0.1) is 0 Å². The fourth-order valence-electron chi connectivity index (χ4n) is 3.55. The van der Waals surface area contributed by atoms with Gasteiger partial charge in [-0.25, -0.2) is 0 Å². The molecule has 130 valence electrons. The van der Waals surface area contributed by atoms with E-state index in [4.69, 9.17) is 0 Å². The molecular weight excluding hydrogens is 314 g/mol. The van der Waals surface area contributed by atoms with Crippen molar-refractivity contribution in [3.05, 3.63) is 42.5 Å². The highest BCUT2D eigenvalue weighted by molar-refractivity contribution is 6.02. The first kappa shape index (κ1) is 16.1. The standard InChI is InChI=1S/C20H23N3O2/c24-19(22-17-8-3-6-14-5-1-2-7-16(14)17)13-23-12-4-9-18(23)20(25)21-15-10-11-15/h1-3,5-8,15,18H,4,9-13H2,(H,21,25)(H,22,24)/t18-/m0/s1. The molecule has 2 N–H and O–H groups in total. The largest absolute Gasteiger partial charge is 0.352 e. The second-order valence-electron chi connectivity index (χ2n) is 6.99. The van der Waals surface area contributed by atoms with Crippen LogP contribution >= 0.6 is 0 Å². The quantitative estimate of drug-likeness (QED) is 0.881. The second kappa shape index (κ2) is 6.84. The smallest absolute Gasteiger partial charge is 0.238 e. The van der Waals surface area contributed by atoms with Crippen LogP contribution in [0.2, 0.25) is 0 Å². The lowest BCUT2D eigenvalue weighted by atomic mass is 10.1. The van der Waals surface area contributed by atoms with E-state index in [9.17, 15) is 9.59 Å². The Morgan fingerprint density at radius 3 is 2.68 bits per heavy atom. The summed E-state index contributed by atoms with van der Waals surface area (Å²) in [6, 6.07) is 14.1. The van der Waals surface area contributed by atoms with Gasteiger partial charge in [-0.2, -0.15) is 0 Å². The van der Waals surface area contributed by atoms with Crippen molar-refractivity contribution in [2.75, 3.05) is 18.4 Å². The lowest BCUT2D eigenvalue weighted by Crippen LogP contribution is -2.46. The molecule has 2 aromatic rings. The van der Waals surface area contributed by atoms with Crippen molar-refractivity contribution in [3.8, 4) is 0 Å². The highest BCUT2D eigenvalue weighted by Crippen LogP contribution is 2.24. The minimum Gasteiger partial charge on any atom is -0.352 e. The third-order valence-corrected chi connectivity index (χ3v) is 5.00. The zero-order valence-corrected chi connectivity index (χ0v) is 14.2. The Labute approximate surface area is 147 Å². The fourth-order valence-corrected chi connectivity index (χ4v) is 3.55. The summed E-state index contributed by atoms with van der Waals surface area (Å²) in [4.78, 5) is 26.9. The molecule has 1 saturated heterocycles. The molecule has 1 heterocycles. The molecule has 4 rings (SSSR count). The van der Waals surface area contributed by atoms with Gasteiger partial charge in [0.1, 0.15) is 0 Å². The van der Waals surface area contributed by atoms with Crippen molar-refractivity contribution in [3.63, 3.8) is 0 Å². The highest BCUT2D eigenvalue weighted by Gasteiger charge is 2.34. The molecule has 0 spiro atoms. The molecule has 1 saturated carbocycles. The predicted molar refractivity (Wildman–Crippen MR) is 98.3 cm³/mol. The maximum Gasteiger partial charge on any atom is 0.238 e. The van der Waals surface area contributed by atoms with E-state index in [2.05, 4.69) is 10.6 Å². The topological polar surface area (TPSA) is 61.4 Å². The van der Waals surface area contributed by atoms with Crippen molar-refractivity contribution in [1.29, 1.82) is 0 Å². The molecule has 5 nitrogen and oxygen atoms in total. The molecule has 5 heteroatoms. The zero-order chi connectivity index (χ0) is 17.2. The number of carbonyl (C=O) groups is 2. The number of amides is 2. The fraction of sp³-hybridized carbons (Fsp3) is 0.400. The summed E-state index contributed by atoms with van der Waals surface area (Å²) in [5.41, 5.74) is 0.821. The van der Waals surface area contributed by atoms with Crippen LogP contribution in [0.25, 0.3) is 10.8 Å². The van der Waals surface area contributed by atoms with Crippen LogP contribution < -0.4 is 10.6 Å². The third kappa shape index (κ3) is 3.66. The van der Waals surface area contributed by atoms with Crippen LogP contribution in [0.1, 0.15) is 25.7 Å². The monoisotopic (exact) mass is 337 g/mol. The Bertz CT molecular complexity index is 795. The zero-order valence-electron chi connectivity index (χ0n) is 14.2. The first-order valence-corrected chi connectivity index (χ1v) is 9.03. The molecule has 1 aliphatic heterocycles. The summed E-state index contributed by atoms with van der Waals surface area (Å²) in [6.45, 7) is 1.05. The van der Waals surface area contributed by atoms with Gasteiger partial charge in [-0.05, 0) is 43.7 Å². The van der Waals surface area contributed by atoms with Crippen LogP contribution in [0.15, 0.2) is 42.5 Å². The van der Waals surface area contributed by atoms with E-state index in [0.717, 1.165) is 48.7 Å². The molecule has 2 aromatic carbocycles. The predicted octanol–water partition coefficient (Wildman–Crippen LogP) is 2.52. The van der Waals surface area contributed by atoms with Gasteiger partial charge in [0.05, 0.1) is 12.6 Å². The molecule has 1 atom stereocenters. The number of benzene rings is 2. The molecule has 25 heavy (non-hydrogen) atoms. The number of nitrogens with one attached hydrogen (secondary N) is 2. The molecule has 0 aromatic heterocycles. The summed E-state index contributed by atoms with van der Waals surface area (Å²) in [7, 11) is 0. The lowest BCUT2D eigenvalue weighted by molar-refractivity contribution is -0.126. The van der Waals surface area contributed by atoms with Crippen molar-refractivity contribution in [1.82, 2.24) is 10.2 Å². The number of nitrogens with zero attached hydrogens (tertiary/aromatic N) is 1. The van der Waals surface area contributed by atoms with Gasteiger partial charge in [-0.3, -0.25) is 14.5 Å². The summed E-state index contributed by atoms with van der Waals surface area (Å²) in [6.07, 6.45) is 3.96. The highest BCUT2D eigenvalue weighted by atomic mass is 16.2. The van der Waals surface area contributed by atoms with E-state index < -0.39 is 0 Å². The first-order valence-electron chi connectivity index (χ1n) is 9.03. The van der Waals surface area contributed by atoms with E-state index >= 15 is 0 Å². The molecular formula is C20H23N3O2. The summed E-state index contributed by atoms with van der Waals surface area (Å²) in [5, 5.41) is 8.20. The third-order valence-electron chi connectivity index (χ3n) is 5.00. The van der Waals surface area contributed by atoms with Crippen LogP contribution in [-0.4, -0.2) is 41.9 Å². The van der Waals surface area contributed by atoms with Gasteiger partial charge in [0.25, 0.3) is 0 Å². The molecule has 1 aliphatic carbocycles. The maximum absolute atomic E-state index is 12.5. The van der Waals surface area contributed by atoms with Gasteiger partial charge in [0.15, 0.2) is 0 Å². The average molecular weight is 337 g/mol. The summed E-state index contributed by atoms with van der Waals surface area (Å²) < 4.78 is 0. The minimum absolute atomic E-state index is 0.0672. The second-order valence-corrected chi connectivity index (χ2v) is 6.99. The molecule has 2 amide bonds. The minimum atomic E-state index is -0.168. The Balaban J connectivity index is 1.41. The lowest BCUT2D eigenvalue weighted by Gasteiger charge is -2.23. The first-order chi connectivity index (χ1) is 12.2. The average Bonchev–Trinajstić information content (AvgIpc) is 3.30. The van der Waals surface area contributed by atoms with Crippen molar-refractivity contribution in [2.24, 2.45) is 0 Å². The summed E-state index contributed by atoms with van der Waals surface area (Å²) >= 11 is 0. The van der Waals surface area contributed by atoms with E-state index in [1.165, 1.54) is 0 Å². The van der Waals surface area contributed by atoms with E-state index in [1.807, 2.05) is 47.4 Å². The van der Waals surface area contributed by atoms with Crippen LogP contribution in [0.4, 0.5) is 5.69 Å². The number of hydrogen-bond acceptors (Lipinski definition) is 3. The van der Waals surface area contributed by atoms with E-state index in [-0.39, 0.29) is 24.4 Å². The number of hydrogen-bond donors (Lipinski definition) is 2. The Hall–Kier alpha value is -2.40. The van der Waals surface area contributed by atoms with Crippen LogP contribution in [-0.2, 0) is 9.59 Å². The Kier molecular flexibility index (Phi) is 4.40. The Morgan fingerprint density at radius 2 is 1.84 bits per heavy atom. The number of fused-ring (bicyclic) bond motifs is 1. The van der Waals surface area contributed by atoms with Crippen LogP contribution in [0.3, 0.4) is 0 Å². The molecule has 2 fully saturated rings. The number of rotatable bonds is 5. The van der Waals surface area contributed by atoms with Gasteiger partial charge >= 0.3 is 0 Å². The molecule has 0 radical (unpaired) electrons. The summed E-state index contributed by atoms with van der Waals surface area (Å²) in [5.74, 6) is 0.0143. The number of likely N-dealkylation sites (tertiary alicyclic amines) is 1. The van der Waals surface area contributed by atoms with Gasteiger partial charge in [0.2, 0.25) is 11.8 Å². The van der Waals surface area contributed by atoms with Crippen molar-refractivity contribution in [2.45, 2.75) is 37.8 Å². The van der Waals surface area contributed by atoms with Gasteiger partial charge in [-0.1, -0.05) is 36.4 Å². The number of carbonyl (C=O) groups excluding carboxylic acids is 2. The molecule has 0 bridgehead atoms. The normalized spacial score (nSPS) is 20.6. The maximum atomic E-state index is 12.5. The molecule has 0 unspecified atom stereocenters.